The van der Waals surface area contributed by atoms with Crippen LogP contribution in [-0.4, -0.2) is 12.6 Å². The minimum Gasteiger partial charge on any atom is -0.398 e. The maximum absolute atomic E-state index is 12.7. The molecule has 94 valence electrons. The maximum Gasteiger partial charge on any atom is 0.418 e. The molecule has 1 aliphatic carbocycles. The zero-order chi connectivity index (χ0) is 12.6. The van der Waals surface area contributed by atoms with Crippen molar-refractivity contribution < 1.29 is 13.2 Å². The van der Waals surface area contributed by atoms with Crippen molar-refractivity contribution in [3.63, 3.8) is 0 Å². The second-order valence-electron chi connectivity index (χ2n) is 4.29. The maximum atomic E-state index is 12.7. The zero-order valence-electron chi connectivity index (χ0n) is 9.59. The third-order valence-electron chi connectivity index (χ3n) is 3.00. The fourth-order valence-corrected chi connectivity index (χ4v) is 2.01. The molecule has 1 aliphatic rings. The fourth-order valence-electron chi connectivity index (χ4n) is 2.01. The van der Waals surface area contributed by atoms with Crippen molar-refractivity contribution in [1.29, 1.82) is 0 Å². The van der Waals surface area contributed by atoms with E-state index in [1.165, 1.54) is 6.07 Å². The van der Waals surface area contributed by atoms with Gasteiger partial charge in [-0.15, -0.1) is 0 Å². The second-order valence-corrected chi connectivity index (χ2v) is 4.29. The molecule has 0 atom stereocenters. The van der Waals surface area contributed by atoms with E-state index in [0.29, 0.717) is 18.3 Å². The summed E-state index contributed by atoms with van der Waals surface area (Å²) in [6.45, 7) is 2.66. The summed E-state index contributed by atoms with van der Waals surface area (Å²) in [5.74, 6) is 0. The van der Waals surface area contributed by atoms with E-state index in [0.717, 1.165) is 18.9 Å². The lowest BCUT2D eigenvalue weighted by atomic mass is 10.1. The zero-order valence-corrected chi connectivity index (χ0v) is 9.59. The summed E-state index contributed by atoms with van der Waals surface area (Å²) in [5, 5.41) is 0. The number of nitrogens with zero attached hydrogens (tertiary/aromatic N) is 1. The first-order chi connectivity index (χ1) is 7.93. The van der Waals surface area contributed by atoms with Crippen LogP contribution in [-0.2, 0) is 6.18 Å². The van der Waals surface area contributed by atoms with Gasteiger partial charge in [0.05, 0.1) is 5.56 Å². The highest BCUT2D eigenvalue weighted by molar-refractivity contribution is 5.60. The molecule has 1 aromatic rings. The highest BCUT2D eigenvalue weighted by Gasteiger charge is 2.35. The van der Waals surface area contributed by atoms with E-state index in [1.54, 1.807) is 6.07 Å². The molecular weight excluding hydrogens is 229 g/mol. The van der Waals surface area contributed by atoms with Gasteiger partial charge in [0.2, 0.25) is 0 Å². The van der Waals surface area contributed by atoms with E-state index in [2.05, 4.69) is 0 Å². The average molecular weight is 244 g/mol. The normalized spacial score (nSPS) is 16.0. The van der Waals surface area contributed by atoms with Crippen molar-refractivity contribution in [2.45, 2.75) is 32.0 Å². The summed E-state index contributed by atoms with van der Waals surface area (Å²) in [6.07, 6.45) is -2.28. The van der Waals surface area contributed by atoms with E-state index in [1.807, 2.05) is 11.8 Å². The van der Waals surface area contributed by atoms with Crippen LogP contribution < -0.4 is 10.6 Å². The molecule has 0 heterocycles. The average Bonchev–Trinajstić information content (AvgIpc) is 3.04. The SMILES string of the molecule is CCN(c1ccc(N)c(C(F)(F)F)c1)C1CC1. The predicted octanol–water partition coefficient (Wildman–Crippen LogP) is 3.28. The van der Waals surface area contributed by atoms with Crippen LogP contribution >= 0.6 is 0 Å². The number of benzene rings is 1. The Morgan fingerprint density at radius 2 is 2.00 bits per heavy atom. The van der Waals surface area contributed by atoms with Crippen LogP contribution in [0.15, 0.2) is 18.2 Å². The van der Waals surface area contributed by atoms with Crippen molar-refractivity contribution in [3.05, 3.63) is 23.8 Å². The Bertz CT molecular complexity index is 411. The smallest absolute Gasteiger partial charge is 0.398 e. The molecule has 0 amide bonds. The Hall–Kier alpha value is -1.39. The molecule has 0 radical (unpaired) electrons. The van der Waals surface area contributed by atoms with Gasteiger partial charge >= 0.3 is 6.18 Å². The summed E-state index contributed by atoms with van der Waals surface area (Å²) in [6, 6.07) is 4.54. The third-order valence-corrected chi connectivity index (χ3v) is 3.00. The minimum atomic E-state index is -4.39. The summed E-state index contributed by atoms with van der Waals surface area (Å²) in [4.78, 5) is 1.99. The Labute approximate surface area is 98.2 Å². The molecule has 17 heavy (non-hydrogen) atoms. The summed E-state index contributed by atoms with van der Waals surface area (Å²) in [5.41, 5.74) is 5.02. The van der Waals surface area contributed by atoms with Gasteiger partial charge < -0.3 is 10.6 Å². The number of halogens is 3. The number of anilines is 2. The van der Waals surface area contributed by atoms with Crippen LogP contribution in [0.3, 0.4) is 0 Å². The van der Waals surface area contributed by atoms with Crippen molar-refractivity contribution in [3.8, 4) is 0 Å². The lowest BCUT2D eigenvalue weighted by Gasteiger charge is -2.24. The number of nitrogens with two attached hydrogens (primary N) is 1. The first kappa shape index (κ1) is 12.1. The van der Waals surface area contributed by atoms with Crippen molar-refractivity contribution in [1.82, 2.24) is 0 Å². The first-order valence-electron chi connectivity index (χ1n) is 5.67. The number of nitrogen functional groups attached to an aromatic ring is 1. The number of hydrogen-bond acceptors (Lipinski definition) is 2. The van der Waals surface area contributed by atoms with E-state index in [4.69, 9.17) is 5.73 Å². The van der Waals surface area contributed by atoms with E-state index < -0.39 is 11.7 Å². The van der Waals surface area contributed by atoms with Crippen molar-refractivity contribution >= 4 is 11.4 Å². The largest absolute Gasteiger partial charge is 0.418 e. The van der Waals surface area contributed by atoms with Gasteiger partial charge in [0, 0.05) is 24.0 Å². The van der Waals surface area contributed by atoms with Crippen LogP contribution in [0.2, 0.25) is 0 Å². The number of rotatable bonds is 3. The first-order valence-corrected chi connectivity index (χ1v) is 5.67. The van der Waals surface area contributed by atoms with Gasteiger partial charge in [-0.1, -0.05) is 0 Å². The molecule has 1 aromatic carbocycles. The Morgan fingerprint density at radius 3 is 2.47 bits per heavy atom. The molecule has 0 saturated heterocycles. The van der Waals surface area contributed by atoms with Gasteiger partial charge in [0.15, 0.2) is 0 Å². The molecule has 0 aliphatic heterocycles. The van der Waals surface area contributed by atoms with Gasteiger partial charge in [0.1, 0.15) is 0 Å². The summed E-state index contributed by atoms with van der Waals surface area (Å²) in [7, 11) is 0. The van der Waals surface area contributed by atoms with Crippen LogP contribution in [0.25, 0.3) is 0 Å². The van der Waals surface area contributed by atoms with Gasteiger partial charge in [0.25, 0.3) is 0 Å². The van der Waals surface area contributed by atoms with Crippen molar-refractivity contribution in [2.24, 2.45) is 0 Å². The lowest BCUT2D eigenvalue weighted by Crippen LogP contribution is -2.25. The molecule has 2 nitrogen and oxygen atoms in total. The van der Waals surface area contributed by atoms with Crippen molar-refractivity contribution in [2.75, 3.05) is 17.2 Å². The van der Waals surface area contributed by atoms with Crippen LogP contribution in [0.1, 0.15) is 25.3 Å². The molecule has 5 heteroatoms. The van der Waals surface area contributed by atoms with Gasteiger partial charge in [-0.2, -0.15) is 13.2 Å². The van der Waals surface area contributed by atoms with Crippen LogP contribution in [0.5, 0.6) is 0 Å². The fraction of sp³-hybridized carbons (Fsp3) is 0.500. The summed E-state index contributed by atoms with van der Waals surface area (Å²) >= 11 is 0. The molecule has 0 aromatic heterocycles. The molecule has 0 spiro atoms. The summed E-state index contributed by atoms with van der Waals surface area (Å²) < 4.78 is 38.1. The van der Waals surface area contributed by atoms with Crippen LogP contribution in [0, 0.1) is 0 Å². The highest BCUT2D eigenvalue weighted by Crippen LogP contribution is 2.38. The Morgan fingerprint density at radius 1 is 1.35 bits per heavy atom. The molecule has 0 bridgehead atoms. The van der Waals surface area contributed by atoms with Gasteiger partial charge in [-0.3, -0.25) is 0 Å². The third kappa shape index (κ3) is 2.48. The quantitative estimate of drug-likeness (QED) is 0.827. The number of alkyl halides is 3. The Kier molecular flexibility index (Phi) is 2.93. The standard InChI is InChI=1S/C12H15F3N2/c1-2-17(8-3-4-8)9-5-6-11(16)10(7-9)12(13,14)15/h5-8H,2-4,16H2,1H3. The topological polar surface area (TPSA) is 29.3 Å². The highest BCUT2D eigenvalue weighted by atomic mass is 19.4. The van der Waals surface area contributed by atoms with E-state index in [-0.39, 0.29) is 5.69 Å². The Balaban J connectivity index is 2.36. The second kappa shape index (κ2) is 4.13. The van der Waals surface area contributed by atoms with E-state index in [9.17, 15) is 13.2 Å². The minimum absolute atomic E-state index is 0.215. The van der Waals surface area contributed by atoms with Crippen LogP contribution in [0.4, 0.5) is 24.5 Å². The monoisotopic (exact) mass is 244 g/mol. The van der Waals surface area contributed by atoms with Gasteiger partial charge in [-0.05, 0) is 38.0 Å². The molecule has 1 fully saturated rings. The molecule has 2 rings (SSSR count). The molecule has 0 unspecified atom stereocenters. The van der Waals surface area contributed by atoms with Gasteiger partial charge in [-0.25, -0.2) is 0 Å². The molecule has 1 saturated carbocycles. The number of hydrogen-bond donors (Lipinski definition) is 1. The van der Waals surface area contributed by atoms with E-state index >= 15 is 0 Å². The molecule has 2 N–H and O–H groups in total. The lowest BCUT2D eigenvalue weighted by molar-refractivity contribution is -0.136. The predicted molar refractivity (Wildman–Crippen MR) is 61.9 cm³/mol. The molecular formula is C12H15F3N2.